The van der Waals surface area contributed by atoms with Gasteiger partial charge in [-0.15, -0.1) is 0 Å². The molecule has 4 heteroatoms. The Bertz CT molecular complexity index is 2070. The highest BCUT2D eigenvalue weighted by molar-refractivity contribution is 6.15. The van der Waals surface area contributed by atoms with Crippen molar-refractivity contribution in [2.75, 3.05) is 0 Å². The summed E-state index contributed by atoms with van der Waals surface area (Å²) in [5, 5.41) is 2.36. The molecule has 3 aromatic carbocycles. The number of rotatable bonds is 0. The summed E-state index contributed by atoms with van der Waals surface area (Å²) in [6, 6.07) is 26.4. The van der Waals surface area contributed by atoms with Gasteiger partial charge in [-0.05, 0) is 93.7 Å². The Morgan fingerprint density at radius 2 is 1.43 bits per heavy atom. The topological polar surface area (TPSA) is 43.1 Å². The summed E-state index contributed by atoms with van der Waals surface area (Å²) >= 11 is 0. The Morgan fingerprint density at radius 3 is 2.37 bits per heavy atom. The van der Waals surface area contributed by atoms with E-state index in [4.69, 9.17) is 9.97 Å². The van der Waals surface area contributed by atoms with Crippen LogP contribution < -0.4 is 0 Å². The van der Waals surface area contributed by atoms with Crippen LogP contribution in [-0.4, -0.2) is 19.4 Å². The Balaban J connectivity index is 1.40. The molecular formula is C31H18N4. The van der Waals surface area contributed by atoms with E-state index in [9.17, 15) is 0 Å². The maximum Gasteiger partial charge on any atom is 0.178 e. The number of nitrogens with zero attached hydrogens (tertiary/aromatic N) is 4. The van der Waals surface area contributed by atoms with Gasteiger partial charge in [0.05, 0.1) is 16.6 Å². The number of pyridine rings is 3. The number of imidazole rings is 1. The molecule has 4 aromatic heterocycles. The van der Waals surface area contributed by atoms with Crippen molar-refractivity contribution < 1.29 is 0 Å². The van der Waals surface area contributed by atoms with Crippen LogP contribution in [0.5, 0.6) is 0 Å². The first-order valence-electron chi connectivity index (χ1n) is 12.0. The summed E-state index contributed by atoms with van der Waals surface area (Å²) in [4.78, 5) is 14.5. The molecule has 0 atom stereocenters. The van der Waals surface area contributed by atoms with Crippen LogP contribution in [0.3, 0.4) is 0 Å². The lowest BCUT2D eigenvalue weighted by Crippen LogP contribution is -1.96. The van der Waals surface area contributed by atoms with Gasteiger partial charge in [0.1, 0.15) is 5.65 Å². The molecule has 7 aromatic rings. The molecule has 2 aliphatic rings. The Labute approximate surface area is 200 Å². The summed E-state index contributed by atoms with van der Waals surface area (Å²) in [7, 11) is 0. The van der Waals surface area contributed by atoms with E-state index < -0.39 is 0 Å². The Morgan fingerprint density at radius 1 is 0.629 bits per heavy atom. The molecule has 0 unspecified atom stereocenters. The zero-order chi connectivity index (χ0) is 22.7. The number of benzene rings is 3. The van der Waals surface area contributed by atoms with Crippen LogP contribution in [0.2, 0.25) is 0 Å². The van der Waals surface area contributed by atoms with Crippen LogP contribution in [-0.2, 0) is 12.8 Å². The van der Waals surface area contributed by atoms with Gasteiger partial charge in [0.2, 0.25) is 0 Å². The van der Waals surface area contributed by atoms with Gasteiger partial charge in [-0.2, -0.15) is 0 Å². The normalized spacial score (nSPS) is 13.5. The number of hydrogen-bond acceptors (Lipinski definition) is 3. The van der Waals surface area contributed by atoms with Gasteiger partial charge < -0.3 is 0 Å². The molecule has 0 radical (unpaired) electrons. The molecule has 0 saturated heterocycles. The molecule has 0 N–H and O–H groups in total. The molecule has 9 rings (SSSR count). The molecule has 0 aliphatic heterocycles. The van der Waals surface area contributed by atoms with E-state index in [1.807, 2.05) is 24.5 Å². The van der Waals surface area contributed by atoms with Gasteiger partial charge in [-0.25, -0.2) is 9.97 Å². The maximum absolute atomic E-state index is 5.05. The van der Waals surface area contributed by atoms with Crippen molar-refractivity contribution in [3.8, 4) is 22.3 Å². The van der Waals surface area contributed by atoms with Crippen LogP contribution in [0.15, 0.2) is 85.2 Å². The highest BCUT2D eigenvalue weighted by Crippen LogP contribution is 2.47. The van der Waals surface area contributed by atoms with E-state index >= 15 is 0 Å². The van der Waals surface area contributed by atoms with Crippen LogP contribution >= 0.6 is 0 Å². The number of hydrogen-bond donors (Lipinski definition) is 0. The van der Waals surface area contributed by atoms with E-state index in [-0.39, 0.29) is 0 Å². The van der Waals surface area contributed by atoms with E-state index in [0.29, 0.717) is 0 Å². The van der Waals surface area contributed by atoms with Gasteiger partial charge >= 0.3 is 0 Å². The van der Waals surface area contributed by atoms with Gasteiger partial charge in [0.15, 0.2) is 5.65 Å². The third-order valence-electron chi connectivity index (χ3n) is 7.92. The lowest BCUT2D eigenvalue weighted by Gasteiger charge is -2.11. The lowest BCUT2D eigenvalue weighted by atomic mass is 9.97. The van der Waals surface area contributed by atoms with Crippen molar-refractivity contribution in [1.82, 2.24) is 19.4 Å². The van der Waals surface area contributed by atoms with Gasteiger partial charge in [-0.1, -0.05) is 36.4 Å². The second kappa shape index (κ2) is 6.10. The molecule has 35 heavy (non-hydrogen) atoms. The second-order valence-electron chi connectivity index (χ2n) is 9.68. The molecule has 0 fully saturated rings. The van der Waals surface area contributed by atoms with Crippen molar-refractivity contribution in [1.29, 1.82) is 0 Å². The lowest BCUT2D eigenvalue weighted by molar-refractivity contribution is 1.24. The first-order valence-corrected chi connectivity index (χ1v) is 12.0. The van der Waals surface area contributed by atoms with E-state index in [1.54, 1.807) is 0 Å². The fourth-order valence-electron chi connectivity index (χ4n) is 6.46. The first kappa shape index (κ1) is 17.8. The zero-order valence-corrected chi connectivity index (χ0v) is 18.8. The summed E-state index contributed by atoms with van der Waals surface area (Å²) < 4.78 is 2.24. The average Bonchev–Trinajstić information content (AvgIpc) is 3.58. The minimum absolute atomic E-state index is 0.772. The predicted octanol–water partition coefficient (Wildman–Crippen LogP) is 6.73. The highest BCUT2D eigenvalue weighted by atomic mass is 15.1. The van der Waals surface area contributed by atoms with Gasteiger partial charge in [-0.3, -0.25) is 9.38 Å². The standard InChI is InChI=1S/C31H18N4/c1-2-6-20-17(5-1)13-18-14-24-19(15-23(18)20)16-25-21(24)9-10-22-28(25)31-34-30-27(8-4-12-33-30)35(31)26-7-3-11-32-29(22)26/h1-12,14-15H,13,16H2. The van der Waals surface area contributed by atoms with Crippen molar-refractivity contribution in [2.24, 2.45) is 0 Å². The summed E-state index contributed by atoms with van der Waals surface area (Å²) in [6.45, 7) is 0. The summed E-state index contributed by atoms with van der Waals surface area (Å²) in [5.74, 6) is 0. The SMILES string of the molecule is c1ccc2c(c1)Cc1cc3c(cc1-2)Cc1c-3ccc2c3ncccc3n3c4cccnc4nc3c12. The van der Waals surface area contributed by atoms with Crippen molar-refractivity contribution >= 4 is 38.6 Å². The van der Waals surface area contributed by atoms with Crippen LogP contribution in [0.4, 0.5) is 0 Å². The van der Waals surface area contributed by atoms with E-state index in [1.165, 1.54) is 49.9 Å². The molecule has 0 amide bonds. The first-order chi connectivity index (χ1) is 17.3. The van der Waals surface area contributed by atoms with E-state index in [2.05, 4.69) is 70.0 Å². The Hall–Kier alpha value is -4.57. The monoisotopic (exact) mass is 446 g/mol. The van der Waals surface area contributed by atoms with Gasteiger partial charge in [0, 0.05) is 23.2 Å². The molecule has 0 bridgehead atoms. The molecular weight excluding hydrogens is 428 g/mol. The minimum Gasteiger partial charge on any atom is -0.288 e. The largest absolute Gasteiger partial charge is 0.288 e. The van der Waals surface area contributed by atoms with Crippen molar-refractivity contribution in [3.05, 3.63) is 107 Å². The number of fused-ring (bicyclic) bond motifs is 15. The third-order valence-corrected chi connectivity index (χ3v) is 7.92. The molecule has 0 saturated carbocycles. The second-order valence-corrected chi connectivity index (χ2v) is 9.68. The maximum atomic E-state index is 5.05. The molecule has 4 nitrogen and oxygen atoms in total. The molecule has 2 aliphatic carbocycles. The molecule has 0 spiro atoms. The van der Waals surface area contributed by atoms with Gasteiger partial charge in [0.25, 0.3) is 0 Å². The van der Waals surface area contributed by atoms with E-state index in [0.717, 1.165) is 46.1 Å². The smallest absolute Gasteiger partial charge is 0.178 e. The fraction of sp³-hybridized carbons (Fsp3) is 0.0645. The average molecular weight is 447 g/mol. The minimum atomic E-state index is 0.772. The third kappa shape index (κ3) is 2.15. The predicted molar refractivity (Wildman–Crippen MR) is 140 cm³/mol. The Kier molecular flexibility index (Phi) is 3.11. The summed E-state index contributed by atoms with van der Waals surface area (Å²) in [6.07, 6.45) is 5.62. The number of aromatic nitrogens is 4. The highest BCUT2D eigenvalue weighted by Gasteiger charge is 2.28. The van der Waals surface area contributed by atoms with Crippen LogP contribution in [0, 0.1) is 0 Å². The zero-order valence-electron chi connectivity index (χ0n) is 18.8. The van der Waals surface area contributed by atoms with Crippen LogP contribution in [0.25, 0.3) is 60.9 Å². The molecule has 162 valence electrons. The molecule has 4 heterocycles. The fourth-order valence-corrected chi connectivity index (χ4v) is 6.46. The summed E-state index contributed by atoms with van der Waals surface area (Å²) in [5.41, 5.74) is 15.9. The van der Waals surface area contributed by atoms with Crippen LogP contribution in [0.1, 0.15) is 22.3 Å². The van der Waals surface area contributed by atoms with Crippen molar-refractivity contribution in [3.63, 3.8) is 0 Å². The van der Waals surface area contributed by atoms with Crippen molar-refractivity contribution in [2.45, 2.75) is 12.8 Å². The quantitative estimate of drug-likeness (QED) is 0.243.